The number of amides is 1. The zero-order valence-electron chi connectivity index (χ0n) is 14.7. The third-order valence-corrected chi connectivity index (χ3v) is 3.63. The van der Waals surface area contributed by atoms with Crippen molar-refractivity contribution in [2.24, 2.45) is 0 Å². The molecular formula is C18H25N3O3. The molecule has 0 fully saturated rings. The van der Waals surface area contributed by atoms with E-state index in [0.29, 0.717) is 31.3 Å². The summed E-state index contributed by atoms with van der Waals surface area (Å²) in [6, 6.07) is 7.83. The van der Waals surface area contributed by atoms with E-state index in [-0.39, 0.29) is 12.3 Å². The van der Waals surface area contributed by atoms with Gasteiger partial charge in [0.25, 0.3) is 0 Å². The first-order chi connectivity index (χ1) is 11.3. The van der Waals surface area contributed by atoms with Gasteiger partial charge in [-0.1, -0.05) is 17.7 Å². The minimum absolute atomic E-state index is 0.0327. The third-order valence-electron chi connectivity index (χ3n) is 3.63. The number of hydrogen-bond donors (Lipinski definition) is 1. The molecule has 0 aliphatic heterocycles. The van der Waals surface area contributed by atoms with E-state index in [2.05, 4.69) is 10.2 Å². The highest BCUT2D eigenvalue weighted by molar-refractivity contribution is 5.76. The Morgan fingerprint density at radius 1 is 1.25 bits per heavy atom. The van der Waals surface area contributed by atoms with E-state index in [9.17, 15) is 9.90 Å². The van der Waals surface area contributed by atoms with Gasteiger partial charge in [-0.05, 0) is 39.8 Å². The van der Waals surface area contributed by atoms with Crippen molar-refractivity contribution in [1.82, 2.24) is 15.1 Å². The first-order valence-corrected chi connectivity index (χ1v) is 8.18. The molecule has 24 heavy (non-hydrogen) atoms. The Bertz CT molecular complexity index is 672. The zero-order valence-corrected chi connectivity index (χ0v) is 14.7. The maximum Gasteiger partial charge on any atom is 0.247 e. The van der Waals surface area contributed by atoms with Crippen LogP contribution in [0.4, 0.5) is 0 Å². The summed E-state index contributed by atoms with van der Waals surface area (Å²) in [6.45, 7) is 8.15. The molecule has 6 heteroatoms. The Kier molecular flexibility index (Phi) is 5.72. The summed E-state index contributed by atoms with van der Waals surface area (Å²) >= 11 is 0. The molecule has 0 atom stereocenters. The summed E-state index contributed by atoms with van der Waals surface area (Å²) in [5, 5.41) is 17.9. The van der Waals surface area contributed by atoms with Crippen molar-refractivity contribution >= 4 is 5.91 Å². The SMILES string of the molecule is CCN(CC(C)(C)O)C(=O)CCc1nnc(-c2ccc(C)cc2)o1. The minimum Gasteiger partial charge on any atom is -0.421 e. The fourth-order valence-electron chi connectivity index (χ4n) is 2.38. The summed E-state index contributed by atoms with van der Waals surface area (Å²) in [5.41, 5.74) is 1.12. The second kappa shape index (κ2) is 7.57. The second-order valence-corrected chi connectivity index (χ2v) is 6.59. The number of aryl methyl sites for hydroxylation is 2. The largest absolute Gasteiger partial charge is 0.421 e. The number of carbonyl (C=O) groups excluding carboxylic acids is 1. The molecule has 2 rings (SSSR count). The van der Waals surface area contributed by atoms with Crippen LogP contribution in [0.3, 0.4) is 0 Å². The van der Waals surface area contributed by atoms with Gasteiger partial charge in [0.15, 0.2) is 0 Å². The highest BCUT2D eigenvalue weighted by Gasteiger charge is 2.21. The second-order valence-electron chi connectivity index (χ2n) is 6.59. The van der Waals surface area contributed by atoms with Crippen LogP contribution in [-0.2, 0) is 11.2 Å². The third kappa shape index (κ3) is 5.16. The topological polar surface area (TPSA) is 79.5 Å². The van der Waals surface area contributed by atoms with Crippen LogP contribution in [0, 0.1) is 6.92 Å². The van der Waals surface area contributed by atoms with E-state index >= 15 is 0 Å². The smallest absolute Gasteiger partial charge is 0.247 e. The summed E-state index contributed by atoms with van der Waals surface area (Å²) < 4.78 is 5.63. The van der Waals surface area contributed by atoms with Gasteiger partial charge >= 0.3 is 0 Å². The predicted octanol–water partition coefficient (Wildman–Crippen LogP) is 2.60. The quantitative estimate of drug-likeness (QED) is 0.843. The summed E-state index contributed by atoms with van der Waals surface area (Å²) in [4.78, 5) is 13.9. The van der Waals surface area contributed by atoms with Crippen LogP contribution in [-0.4, -0.2) is 44.8 Å². The highest BCUT2D eigenvalue weighted by atomic mass is 16.4. The van der Waals surface area contributed by atoms with Gasteiger partial charge < -0.3 is 14.4 Å². The molecule has 0 saturated carbocycles. The van der Waals surface area contributed by atoms with Crippen molar-refractivity contribution in [2.75, 3.05) is 13.1 Å². The van der Waals surface area contributed by atoms with Crippen molar-refractivity contribution in [3.63, 3.8) is 0 Å². The molecule has 2 aromatic rings. The molecule has 0 aliphatic rings. The number of likely N-dealkylation sites (N-methyl/N-ethyl adjacent to an activating group) is 1. The van der Waals surface area contributed by atoms with Gasteiger partial charge in [-0.2, -0.15) is 0 Å². The van der Waals surface area contributed by atoms with E-state index in [0.717, 1.165) is 11.1 Å². The average Bonchev–Trinajstić information content (AvgIpc) is 2.99. The molecule has 0 radical (unpaired) electrons. The number of aromatic nitrogens is 2. The molecule has 0 spiro atoms. The number of nitrogens with zero attached hydrogens (tertiary/aromatic N) is 3. The molecule has 1 N–H and O–H groups in total. The normalized spacial score (nSPS) is 11.5. The number of carbonyl (C=O) groups is 1. The van der Waals surface area contributed by atoms with Crippen molar-refractivity contribution in [1.29, 1.82) is 0 Å². The van der Waals surface area contributed by atoms with Crippen molar-refractivity contribution in [2.45, 2.75) is 46.1 Å². The van der Waals surface area contributed by atoms with Gasteiger partial charge in [0.1, 0.15) is 0 Å². The maximum atomic E-state index is 12.3. The highest BCUT2D eigenvalue weighted by Crippen LogP contribution is 2.19. The number of aliphatic hydroxyl groups is 1. The molecule has 1 amide bonds. The molecule has 1 aromatic heterocycles. The lowest BCUT2D eigenvalue weighted by atomic mass is 10.1. The van der Waals surface area contributed by atoms with Crippen molar-refractivity contribution in [3.05, 3.63) is 35.7 Å². The van der Waals surface area contributed by atoms with Gasteiger partial charge in [0.05, 0.1) is 5.60 Å². The Morgan fingerprint density at radius 3 is 2.50 bits per heavy atom. The van der Waals surface area contributed by atoms with Gasteiger partial charge in [0, 0.05) is 31.5 Å². The lowest BCUT2D eigenvalue weighted by Crippen LogP contribution is -2.42. The number of rotatable bonds is 7. The van der Waals surface area contributed by atoms with Gasteiger partial charge in [-0.3, -0.25) is 4.79 Å². The van der Waals surface area contributed by atoms with Crippen LogP contribution in [0.5, 0.6) is 0 Å². The van der Waals surface area contributed by atoms with Crippen molar-refractivity contribution in [3.8, 4) is 11.5 Å². The Morgan fingerprint density at radius 2 is 1.92 bits per heavy atom. The maximum absolute atomic E-state index is 12.3. The van der Waals surface area contributed by atoms with Crippen LogP contribution in [0.15, 0.2) is 28.7 Å². The molecular weight excluding hydrogens is 306 g/mol. The van der Waals surface area contributed by atoms with E-state index in [1.54, 1.807) is 18.7 Å². The number of benzene rings is 1. The van der Waals surface area contributed by atoms with Gasteiger partial charge in [-0.25, -0.2) is 0 Å². The molecule has 0 saturated heterocycles. The van der Waals surface area contributed by atoms with E-state index in [4.69, 9.17) is 4.42 Å². The summed E-state index contributed by atoms with van der Waals surface area (Å²) in [6.07, 6.45) is 0.666. The average molecular weight is 331 g/mol. The van der Waals surface area contributed by atoms with Crippen LogP contribution in [0.25, 0.3) is 11.5 Å². The van der Waals surface area contributed by atoms with Crippen LogP contribution in [0.1, 0.15) is 38.6 Å². The fraction of sp³-hybridized carbons (Fsp3) is 0.500. The summed E-state index contributed by atoms with van der Waals surface area (Å²) in [7, 11) is 0. The summed E-state index contributed by atoms with van der Waals surface area (Å²) in [5.74, 6) is 0.870. The Labute approximate surface area is 142 Å². The number of hydrogen-bond acceptors (Lipinski definition) is 5. The molecule has 6 nitrogen and oxygen atoms in total. The monoisotopic (exact) mass is 331 g/mol. The fourth-order valence-corrected chi connectivity index (χ4v) is 2.38. The Balaban J connectivity index is 1.95. The zero-order chi connectivity index (χ0) is 17.7. The van der Waals surface area contributed by atoms with E-state index < -0.39 is 5.60 Å². The Hall–Kier alpha value is -2.21. The van der Waals surface area contributed by atoms with Gasteiger partial charge in [0.2, 0.25) is 17.7 Å². The van der Waals surface area contributed by atoms with E-state index in [1.807, 2.05) is 38.1 Å². The molecule has 130 valence electrons. The first kappa shape index (κ1) is 18.1. The molecule has 1 aromatic carbocycles. The first-order valence-electron chi connectivity index (χ1n) is 8.18. The van der Waals surface area contributed by atoms with Gasteiger partial charge in [-0.15, -0.1) is 10.2 Å². The lowest BCUT2D eigenvalue weighted by molar-refractivity contribution is -0.134. The molecule has 0 unspecified atom stereocenters. The molecule has 0 bridgehead atoms. The van der Waals surface area contributed by atoms with Crippen molar-refractivity contribution < 1.29 is 14.3 Å². The van der Waals surface area contributed by atoms with E-state index in [1.165, 1.54) is 0 Å². The standard InChI is InChI=1S/C18H25N3O3/c1-5-21(12-18(3,4)23)16(22)11-10-15-19-20-17(24-15)14-8-6-13(2)7-9-14/h6-9,23H,5,10-12H2,1-4H3. The predicted molar refractivity (Wildman–Crippen MR) is 91.3 cm³/mol. The minimum atomic E-state index is -0.908. The van der Waals surface area contributed by atoms with Crippen LogP contribution < -0.4 is 0 Å². The molecule has 1 heterocycles. The molecule has 0 aliphatic carbocycles. The van der Waals surface area contributed by atoms with Crippen LogP contribution in [0.2, 0.25) is 0 Å². The lowest BCUT2D eigenvalue weighted by Gasteiger charge is -2.28. The van der Waals surface area contributed by atoms with Crippen LogP contribution >= 0.6 is 0 Å².